The Labute approximate surface area is 185 Å². The highest BCUT2D eigenvalue weighted by molar-refractivity contribution is 6.14. The van der Waals surface area contributed by atoms with Crippen LogP contribution >= 0.6 is 0 Å². The number of hydrogen-bond donors (Lipinski definition) is 3. The van der Waals surface area contributed by atoms with Crippen molar-refractivity contribution in [3.63, 3.8) is 0 Å². The van der Waals surface area contributed by atoms with Gasteiger partial charge in [0.2, 0.25) is 0 Å². The van der Waals surface area contributed by atoms with Crippen molar-refractivity contribution < 1.29 is 29.7 Å². The van der Waals surface area contributed by atoms with Crippen LogP contribution in [0.15, 0.2) is 72.0 Å². The number of carboxylic acids is 1. The normalized spacial score (nSPS) is 16.2. The lowest BCUT2D eigenvalue weighted by atomic mass is 9.95. The molecule has 2 aromatic carbocycles. The standard InChI is InChI=1S/C25H25NO6/c27-19-13-11-18(12-14-19)23-22(20(28)15-10-17-7-3-1-4-8-17)24(31)25(32)26(23)16-6-2-5-9-21(29)30/h1,3-4,7-8,10-15,23,27,31H,2,5-6,9,16H2,(H,29,30)/b15-10+/t23-/m1/s1. The summed E-state index contributed by atoms with van der Waals surface area (Å²) in [6.07, 6.45) is 4.60. The Bertz CT molecular complexity index is 1040. The molecule has 7 heteroatoms. The van der Waals surface area contributed by atoms with Crippen LogP contribution in [0.25, 0.3) is 6.08 Å². The molecule has 0 saturated heterocycles. The van der Waals surface area contributed by atoms with Gasteiger partial charge in [-0.2, -0.15) is 0 Å². The van der Waals surface area contributed by atoms with Crippen molar-refractivity contribution in [2.24, 2.45) is 0 Å². The number of allylic oxidation sites excluding steroid dienone is 1. The Kier molecular flexibility index (Phi) is 7.44. The number of aliphatic hydroxyl groups excluding tert-OH is 1. The van der Waals surface area contributed by atoms with E-state index in [1.54, 1.807) is 18.2 Å². The van der Waals surface area contributed by atoms with Crippen molar-refractivity contribution in [1.82, 2.24) is 4.90 Å². The molecular weight excluding hydrogens is 410 g/mol. The number of rotatable bonds is 10. The van der Waals surface area contributed by atoms with Gasteiger partial charge in [0.25, 0.3) is 5.91 Å². The van der Waals surface area contributed by atoms with Crippen molar-refractivity contribution >= 4 is 23.7 Å². The molecule has 0 aliphatic carbocycles. The lowest BCUT2D eigenvalue weighted by molar-refractivity contribution is -0.137. The Morgan fingerprint density at radius 2 is 1.62 bits per heavy atom. The van der Waals surface area contributed by atoms with Gasteiger partial charge in [0.05, 0.1) is 11.6 Å². The number of amides is 1. The lowest BCUT2D eigenvalue weighted by Crippen LogP contribution is -2.32. The van der Waals surface area contributed by atoms with Gasteiger partial charge in [-0.1, -0.05) is 55.0 Å². The number of carbonyl (C=O) groups is 3. The second-order valence-electron chi connectivity index (χ2n) is 7.57. The second-order valence-corrected chi connectivity index (χ2v) is 7.57. The number of aromatic hydroxyl groups is 1. The van der Waals surface area contributed by atoms with Crippen LogP contribution in [0.1, 0.15) is 42.9 Å². The first-order chi connectivity index (χ1) is 15.4. The molecule has 0 fully saturated rings. The van der Waals surface area contributed by atoms with Gasteiger partial charge in [0.15, 0.2) is 11.5 Å². The molecule has 166 valence electrons. The van der Waals surface area contributed by atoms with Gasteiger partial charge in [-0.25, -0.2) is 0 Å². The summed E-state index contributed by atoms with van der Waals surface area (Å²) in [5.74, 6) is -2.54. The van der Waals surface area contributed by atoms with E-state index in [4.69, 9.17) is 5.11 Å². The van der Waals surface area contributed by atoms with Crippen molar-refractivity contribution in [3.05, 3.63) is 83.1 Å². The third-order valence-corrected chi connectivity index (χ3v) is 5.29. The first-order valence-corrected chi connectivity index (χ1v) is 10.4. The monoisotopic (exact) mass is 435 g/mol. The van der Waals surface area contributed by atoms with Crippen LogP contribution < -0.4 is 0 Å². The molecule has 0 radical (unpaired) electrons. The van der Waals surface area contributed by atoms with Crippen LogP contribution in [-0.4, -0.2) is 44.4 Å². The SMILES string of the molecule is O=C(O)CCCCCN1C(=O)C(O)=C(C(=O)/C=C/c2ccccc2)[C@H]1c1ccc(O)cc1. The van der Waals surface area contributed by atoms with Crippen LogP contribution in [0.3, 0.4) is 0 Å². The summed E-state index contributed by atoms with van der Waals surface area (Å²) in [7, 11) is 0. The molecule has 0 saturated carbocycles. The molecule has 32 heavy (non-hydrogen) atoms. The fraction of sp³-hybridized carbons (Fsp3) is 0.240. The summed E-state index contributed by atoms with van der Waals surface area (Å²) >= 11 is 0. The van der Waals surface area contributed by atoms with Gasteiger partial charge in [-0.3, -0.25) is 14.4 Å². The average molecular weight is 435 g/mol. The number of unbranched alkanes of at least 4 members (excludes halogenated alkanes) is 2. The Balaban J connectivity index is 1.85. The maximum Gasteiger partial charge on any atom is 0.303 e. The zero-order valence-corrected chi connectivity index (χ0v) is 17.5. The number of aliphatic hydroxyl groups is 1. The summed E-state index contributed by atoms with van der Waals surface area (Å²) in [5, 5.41) is 29.0. The van der Waals surface area contributed by atoms with E-state index >= 15 is 0 Å². The number of phenolic OH excluding ortho intramolecular Hbond substituents is 1. The predicted molar refractivity (Wildman–Crippen MR) is 119 cm³/mol. The lowest BCUT2D eigenvalue weighted by Gasteiger charge is -2.26. The van der Waals surface area contributed by atoms with E-state index in [9.17, 15) is 24.6 Å². The average Bonchev–Trinajstić information content (AvgIpc) is 3.03. The van der Waals surface area contributed by atoms with E-state index in [2.05, 4.69) is 0 Å². The molecular formula is C25H25NO6. The van der Waals surface area contributed by atoms with Crippen LogP contribution in [0.4, 0.5) is 0 Å². The molecule has 0 aromatic heterocycles. The third kappa shape index (κ3) is 5.43. The van der Waals surface area contributed by atoms with Crippen LogP contribution in [0.2, 0.25) is 0 Å². The van der Waals surface area contributed by atoms with Crippen molar-refractivity contribution in [2.45, 2.75) is 31.7 Å². The Morgan fingerprint density at radius 3 is 2.28 bits per heavy atom. The quantitative estimate of drug-likeness (QED) is 0.384. The summed E-state index contributed by atoms with van der Waals surface area (Å²) in [4.78, 5) is 38.0. The molecule has 0 spiro atoms. The number of hydrogen-bond acceptors (Lipinski definition) is 5. The van der Waals surface area contributed by atoms with Gasteiger partial charge in [0.1, 0.15) is 5.75 Å². The van der Waals surface area contributed by atoms with E-state index in [0.29, 0.717) is 24.8 Å². The van der Waals surface area contributed by atoms with Crippen molar-refractivity contribution in [3.8, 4) is 5.75 Å². The summed E-state index contributed by atoms with van der Waals surface area (Å²) in [6, 6.07) is 14.5. The maximum atomic E-state index is 13.0. The van der Waals surface area contributed by atoms with E-state index in [0.717, 1.165) is 5.56 Å². The predicted octanol–water partition coefficient (Wildman–Crippen LogP) is 4.02. The highest BCUT2D eigenvalue weighted by atomic mass is 16.4. The molecule has 1 aliphatic heterocycles. The molecule has 2 aromatic rings. The molecule has 1 heterocycles. The maximum absolute atomic E-state index is 13.0. The Hall–Kier alpha value is -3.87. The largest absolute Gasteiger partial charge is 0.508 e. The summed E-state index contributed by atoms with van der Waals surface area (Å²) in [6.45, 7) is 0.257. The summed E-state index contributed by atoms with van der Waals surface area (Å²) in [5.41, 5.74) is 1.38. The fourth-order valence-electron chi connectivity index (χ4n) is 3.70. The molecule has 1 amide bonds. The number of phenols is 1. The highest BCUT2D eigenvalue weighted by Gasteiger charge is 2.42. The molecule has 0 unspecified atom stereocenters. The van der Waals surface area contributed by atoms with E-state index in [-0.39, 0.29) is 24.3 Å². The number of benzene rings is 2. The topological polar surface area (TPSA) is 115 Å². The van der Waals surface area contributed by atoms with Crippen LogP contribution in [0.5, 0.6) is 5.75 Å². The first kappa shape index (κ1) is 22.8. The number of carboxylic acid groups (broad SMARTS) is 1. The van der Waals surface area contributed by atoms with Gasteiger partial charge in [-0.15, -0.1) is 0 Å². The Morgan fingerprint density at radius 1 is 0.938 bits per heavy atom. The van der Waals surface area contributed by atoms with E-state index < -0.39 is 29.5 Å². The zero-order chi connectivity index (χ0) is 23.1. The molecule has 7 nitrogen and oxygen atoms in total. The van der Waals surface area contributed by atoms with E-state index in [1.807, 2.05) is 30.3 Å². The number of ketones is 1. The van der Waals surface area contributed by atoms with Gasteiger partial charge >= 0.3 is 5.97 Å². The smallest absolute Gasteiger partial charge is 0.303 e. The molecule has 3 rings (SSSR count). The number of carbonyl (C=O) groups excluding carboxylic acids is 2. The minimum atomic E-state index is -0.874. The van der Waals surface area contributed by atoms with Crippen LogP contribution in [0, 0.1) is 0 Å². The molecule has 0 bridgehead atoms. The molecule has 1 atom stereocenters. The number of aliphatic carboxylic acids is 1. The fourth-order valence-corrected chi connectivity index (χ4v) is 3.70. The zero-order valence-electron chi connectivity index (χ0n) is 17.5. The van der Waals surface area contributed by atoms with Gasteiger partial charge < -0.3 is 20.2 Å². The second kappa shape index (κ2) is 10.4. The van der Waals surface area contributed by atoms with Crippen molar-refractivity contribution in [1.29, 1.82) is 0 Å². The summed E-state index contributed by atoms with van der Waals surface area (Å²) < 4.78 is 0. The van der Waals surface area contributed by atoms with Gasteiger partial charge in [-0.05, 0) is 42.2 Å². The van der Waals surface area contributed by atoms with Gasteiger partial charge in [0, 0.05) is 13.0 Å². The van der Waals surface area contributed by atoms with Crippen molar-refractivity contribution in [2.75, 3.05) is 6.54 Å². The van der Waals surface area contributed by atoms with E-state index in [1.165, 1.54) is 23.1 Å². The third-order valence-electron chi connectivity index (χ3n) is 5.29. The molecule has 1 aliphatic rings. The van der Waals surface area contributed by atoms with Crippen LogP contribution in [-0.2, 0) is 14.4 Å². The minimum Gasteiger partial charge on any atom is -0.508 e. The first-order valence-electron chi connectivity index (χ1n) is 10.4. The number of nitrogens with zero attached hydrogens (tertiary/aromatic N) is 1. The molecule has 3 N–H and O–H groups in total. The highest BCUT2D eigenvalue weighted by Crippen LogP contribution is 2.38. The minimum absolute atomic E-state index is 0.0154.